The number of oxazole rings is 3. The Morgan fingerprint density at radius 1 is 0.515 bits per heavy atom. The molecule has 0 bridgehead atoms. The zero-order valence-corrected chi connectivity index (χ0v) is 20.6. The highest BCUT2D eigenvalue weighted by atomic mass is 16.4. The molecule has 2 aromatic carbocycles. The number of aromatic nitrogens is 3. The molecule has 0 spiro atoms. The molecule has 6 nitrogen and oxygen atoms in total. The van der Waals surface area contributed by atoms with E-state index in [9.17, 15) is 0 Å². The maximum Gasteiger partial charge on any atom is 0.227 e. The van der Waals surface area contributed by atoms with E-state index in [4.69, 9.17) is 28.2 Å². The van der Waals surface area contributed by atoms with Gasteiger partial charge in [-0.05, 0) is 35.1 Å². The first-order valence-electron chi connectivity index (χ1n) is 11.8. The smallest absolute Gasteiger partial charge is 0.227 e. The molecule has 6 heteroatoms. The van der Waals surface area contributed by atoms with Crippen molar-refractivity contribution in [1.29, 1.82) is 0 Å². The second kappa shape index (κ2) is 7.72. The molecular weight excluding hydrogens is 414 g/mol. The average molecular weight is 446 g/mol. The molecule has 3 heterocycles. The highest BCUT2D eigenvalue weighted by Crippen LogP contribution is 2.40. The molecule has 3 aromatic heterocycles. The van der Waals surface area contributed by atoms with Crippen molar-refractivity contribution in [2.24, 2.45) is 0 Å². The van der Waals surface area contributed by atoms with E-state index >= 15 is 0 Å². The van der Waals surface area contributed by atoms with Crippen LogP contribution in [0.15, 0.2) is 31.5 Å². The lowest BCUT2D eigenvalue weighted by Crippen LogP contribution is -1.95. The van der Waals surface area contributed by atoms with E-state index in [1.165, 1.54) is 11.1 Å². The summed E-state index contributed by atoms with van der Waals surface area (Å²) in [7, 11) is 0. The molecule has 0 fully saturated rings. The van der Waals surface area contributed by atoms with Gasteiger partial charge in [-0.25, -0.2) is 15.0 Å². The van der Waals surface area contributed by atoms with Gasteiger partial charge < -0.3 is 13.3 Å². The molecule has 0 aliphatic carbocycles. The van der Waals surface area contributed by atoms with Crippen molar-refractivity contribution in [3.63, 3.8) is 0 Å². The highest BCUT2D eigenvalue weighted by Gasteiger charge is 2.26. The van der Waals surface area contributed by atoms with Crippen LogP contribution in [0.25, 0.3) is 44.8 Å². The van der Waals surface area contributed by atoms with Crippen LogP contribution in [-0.2, 0) is 0 Å². The first-order valence-corrected chi connectivity index (χ1v) is 11.8. The fourth-order valence-electron chi connectivity index (χ4n) is 4.02. The summed E-state index contributed by atoms with van der Waals surface area (Å²) in [5.74, 6) is 2.93. The molecule has 0 saturated carbocycles. The van der Waals surface area contributed by atoms with Crippen molar-refractivity contribution < 1.29 is 13.3 Å². The quantitative estimate of drug-likeness (QED) is 0.271. The van der Waals surface area contributed by atoms with Crippen LogP contribution >= 0.6 is 0 Å². The van der Waals surface area contributed by atoms with E-state index in [1.54, 1.807) is 0 Å². The third kappa shape index (κ3) is 3.52. The van der Waals surface area contributed by atoms with Crippen molar-refractivity contribution in [3.8, 4) is 11.5 Å². The Labute approximate surface area is 193 Å². The van der Waals surface area contributed by atoms with E-state index in [0.717, 1.165) is 5.56 Å². The molecular formula is C27H31N3O3. The van der Waals surface area contributed by atoms with Crippen molar-refractivity contribution in [2.45, 2.75) is 79.1 Å². The summed E-state index contributed by atoms with van der Waals surface area (Å²) in [6.45, 7) is 17.0. The Balaban J connectivity index is 1.84. The lowest BCUT2D eigenvalue weighted by molar-refractivity contribution is 0.502. The summed E-state index contributed by atoms with van der Waals surface area (Å²) in [6, 6.07) is 6.60. The van der Waals surface area contributed by atoms with Gasteiger partial charge in [0.25, 0.3) is 0 Å². The standard InChI is InChI=1S/C27H31N3O3/c1-12(2)16-9-17(13(3)4)11-18(10-16)27-30-21-23-19(28-25(32-23)14(5)6)22-20(24(21)33-27)29-26(31-22)15(7)8/h9-15H,1-8H3. The molecule has 0 saturated heterocycles. The van der Waals surface area contributed by atoms with Gasteiger partial charge in [-0.15, -0.1) is 0 Å². The van der Waals surface area contributed by atoms with Gasteiger partial charge >= 0.3 is 0 Å². The first-order chi connectivity index (χ1) is 15.6. The molecule has 0 N–H and O–H groups in total. The fraction of sp³-hybridized carbons (Fsp3) is 0.444. The Morgan fingerprint density at radius 2 is 0.939 bits per heavy atom. The zero-order chi connectivity index (χ0) is 23.6. The van der Waals surface area contributed by atoms with E-state index in [1.807, 2.05) is 0 Å². The molecule has 0 radical (unpaired) electrons. The van der Waals surface area contributed by atoms with E-state index in [2.05, 4.69) is 73.6 Å². The second-order valence-corrected chi connectivity index (χ2v) is 10.2. The predicted octanol–water partition coefficient (Wildman–Crippen LogP) is 8.27. The topological polar surface area (TPSA) is 78.1 Å². The molecule has 0 aliphatic rings. The van der Waals surface area contributed by atoms with Gasteiger partial charge in [-0.3, -0.25) is 0 Å². The number of hydrogen-bond acceptors (Lipinski definition) is 6. The van der Waals surface area contributed by atoms with Gasteiger partial charge in [-0.2, -0.15) is 0 Å². The van der Waals surface area contributed by atoms with E-state index in [0.29, 0.717) is 62.8 Å². The number of fused-ring (bicyclic) bond motifs is 6. The Bertz CT molecular complexity index is 1380. The summed E-state index contributed by atoms with van der Waals surface area (Å²) in [4.78, 5) is 14.4. The van der Waals surface area contributed by atoms with Gasteiger partial charge in [-0.1, -0.05) is 61.5 Å². The normalized spacial score (nSPS) is 12.7. The summed E-state index contributed by atoms with van der Waals surface area (Å²) in [6.07, 6.45) is 0. The second-order valence-electron chi connectivity index (χ2n) is 10.2. The minimum absolute atomic E-state index is 0.137. The predicted molar refractivity (Wildman–Crippen MR) is 131 cm³/mol. The van der Waals surface area contributed by atoms with Gasteiger partial charge in [0.2, 0.25) is 5.89 Å². The van der Waals surface area contributed by atoms with Gasteiger partial charge in [0.1, 0.15) is 0 Å². The molecule has 0 aliphatic heterocycles. The minimum atomic E-state index is 0.137. The largest absolute Gasteiger partial charge is 0.438 e. The maximum atomic E-state index is 6.39. The Hall–Kier alpha value is -3.15. The molecule has 5 aromatic rings. The number of nitrogens with zero attached hydrogens (tertiary/aromatic N) is 3. The van der Waals surface area contributed by atoms with Crippen molar-refractivity contribution in [3.05, 3.63) is 41.1 Å². The third-order valence-corrected chi connectivity index (χ3v) is 6.11. The lowest BCUT2D eigenvalue weighted by atomic mass is 9.93. The summed E-state index contributed by atoms with van der Waals surface area (Å²) in [5.41, 5.74) is 7.18. The fourth-order valence-corrected chi connectivity index (χ4v) is 4.02. The molecule has 0 atom stereocenters. The molecule has 0 unspecified atom stereocenters. The molecule has 5 rings (SSSR count). The van der Waals surface area contributed by atoms with Crippen LogP contribution in [0.4, 0.5) is 0 Å². The summed E-state index contributed by atoms with van der Waals surface area (Å²) in [5, 5.41) is 0. The average Bonchev–Trinajstić information content (AvgIpc) is 3.47. The van der Waals surface area contributed by atoms with Crippen LogP contribution in [0.5, 0.6) is 0 Å². The minimum Gasteiger partial charge on any atom is -0.438 e. The molecule has 172 valence electrons. The van der Waals surface area contributed by atoms with Gasteiger partial charge in [0.15, 0.2) is 45.1 Å². The van der Waals surface area contributed by atoms with Crippen LogP contribution in [0.2, 0.25) is 0 Å². The van der Waals surface area contributed by atoms with E-state index < -0.39 is 0 Å². The first kappa shape index (κ1) is 21.7. The van der Waals surface area contributed by atoms with Gasteiger partial charge in [0.05, 0.1) is 0 Å². The Kier molecular flexibility index (Phi) is 5.07. The van der Waals surface area contributed by atoms with Crippen molar-refractivity contribution >= 4 is 33.3 Å². The monoisotopic (exact) mass is 445 g/mol. The molecule has 0 amide bonds. The van der Waals surface area contributed by atoms with Gasteiger partial charge in [0, 0.05) is 17.4 Å². The molecule has 33 heavy (non-hydrogen) atoms. The highest BCUT2D eigenvalue weighted by molar-refractivity contribution is 6.16. The number of benzene rings is 2. The van der Waals surface area contributed by atoms with Crippen molar-refractivity contribution in [1.82, 2.24) is 15.0 Å². The summed E-state index contributed by atoms with van der Waals surface area (Å²) >= 11 is 0. The van der Waals surface area contributed by atoms with Crippen LogP contribution in [-0.4, -0.2) is 15.0 Å². The number of hydrogen-bond donors (Lipinski definition) is 0. The zero-order valence-electron chi connectivity index (χ0n) is 20.6. The maximum absolute atomic E-state index is 6.39. The van der Waals surface area contributed by atoms with Crippen LogP contribution < -0.4 is 0 Å². The summed E-state index contributed by atoms with van der Waals surface area (Å²) < 4.78 is 18.7. The van der Waals surface area contributed by atoms with Crippen molar-refractivity contribution in [2.75, 3.05) is 0 Å². The van der Waals surface area contributed by atoms with Crippen LogP contribution in [0.3, 0.4) is 0 Å². The third-order valence-electron chi connectivity index (χ3n) is 6.11. The van der Waals surface area contributed by atoms with Crippen LogP contribution in [0.1, 0.15) is 102 Å². The van der Waals surface area contributed by atoms with Crippen LogP contribution in [0, 0.1) is 0 Å². The Morgan fingerprint density at radius 3 is 1.36 bits per heavy atom. The lowest BCUT2D eigenvalue weighted by Gasteiger charge is -2.13. The number of rotatable bonds is 5. The van der Waals surface area contributed by atoms with E-state index in [-0.39, 0.29) is 11.8 Å². The SMILES string of the molecule is CC(C)c1cc(-c2nc3c(o2)c2nc(C(C)C)oc2c2nc(C(C)C)oc32)cc(C(C)C)c1.